The molecule has 0 saturated heterocycles. The number of hydrogen-bond donors (Lipinski definition) is 3. The first-order valence-corrected chi connectivity index (χ1v) is 6.04. The van der Waals surface area contributed by atoms with Gasteiger partial charge in [0, 0.05) is 93.7 Å². The molecule has 1 radical (unpaired) electrons. The van der Waals surface area contributed by atoms with E-state index in [1.807, 2.05) is 0 Å². The van der Waals surface area contributed by atoms with Crippen LogP contribution in [0.4, 0.5) is 0 Å². The van der Waals surface area contributed by atoms with E-state index in [1.54, 1.807) is 21.3 Å². The van der Waals surface area contributed by atoms with Crippen LogP contribution in [0.5, 0.6) is 0 Å². The van der Waals surface area contributed by atoms with Crippen molar-refractivity contribution in [3.63, 3.8) is 0 Å². The zero-order chi connectivity index (χ0) is 14.5. The second-order valence-electron chi connectivity index (χ2n) is 3.21. The van der Waals surface area contributed by atoms with Gasteiger partial charge in [0.25, 0.3) is 0 Å². The maximum atomic E-state index is 8.12. The molecule has 0 bridgehead atoms. The molecule has 0 saturated carbocycles. The molecular formula is C12H30O6Y. The summed E-state index contributed by atoms with van der Waals surface area (Å²) in [5.41, 5.74) is 0. The fraction of sp³-hybridized carbons (Fsp3) is 1.00. The third kappa shape index (κ3) is 55.1. The zero-order valence-electron chi connectivity index (χ0n) is 12.5. The Kier molecular flexibility index (Phi) is 53.8. The number of aliphatic hydroxyl groups excluding tert-OH is 3. The summed E-state index contributed by atoms with van der Waals surface area (Å²) in [5, 5.41) is 24.4. The quantitative estimate of drug-likeness (QED) is 0.504. The Labute approximate surface area is 142 Å². The first-order valence-electron chi connectivity index (χ1n) is 6.04. The minimum atomic E-state index is 0. The van der Waals surface area contributed by atoms with Crippen molar-refractivity contribution in [1.29, 1.82) is 0 Å². The molecule has 0 amide bonds. The third-order valence-electron chi connectivity index (χ3n) is 1.52. The average molecular weight is 359 g/mol. The first kappa shape index (κ1) is 28.1. The zero-order valence-corrected chi connectivity index (χ0v) is 15.3. The Morgan fingerprint density at radius 1 is 0.579 bits per heavy atom. The fourth-order valence-corrected chi connectivity index (χ4v) is 0.627. The van der Waals surface area contributed by atoms with Gasteiger partial charge >= 0.3 is 0 Å². The van der Waals surface area contributed by atoms with Crippen molar-refractivity contribution in [2.45, 2.75) is 19.3 Å². The molecule has 0 aromatic rings. The van der Waals surface area contributed by atoms with Crippen LogP contribution in [0.2, 0.25) is 0 Å². The Morgan fingerprint density at radius 2 is 0.789 bits per heavy atom. The molecule has 0 aliphatic heterocycles. The molecule has 6 nitrogen and oxygen atoms in total. The van der Waals surface area contributed by atoms with Crippen LogP contribution in [0.3, 0.4) is 0 Å². The molecule has 0 atom stereocenters. The fourth-order valence-electron chi connectivity index (χ4n) is 0.627. The van der Waals surface area contributed by atoms with Gasteiger partial charge < -0.3 is 29.5 Å². The van der Waals surface area contributed by atoms with Gasteiger partial charge in [-0.15, -0.1) is 0 Å². The Bertz CT molecular complexity index is 77.2. The van der Waals surface area contributed by atoms with Crippen molar-refractivity contribution >= 4 is 0 Å². The molecule has 0 heterocycles. The molecule has 117 valence electrons. The Balaban J connectivity index is -0.0000000865. The van der Waals surface area contributed by atoms with Crippen molar-refractivity contribution in [2.24, 2.45) is 0 Å². The van der Waals surface area contributed by atoms with Crippen LogP contribution in [0, 0.1) is 0 Å². The first-order chi connectivity index (χ1) is 8.74. The van der Waals surface area contributed by atoms with Gasteiger partial charge in [-0.05, 0) is 19.3 Å². The number of hydrogen-bond acceptors (Lipinski definition) is 6. The van der Waals surface area contributed by atoms with Gasteiger partial charge in [-0.1, -0.05) is 0 Å². The molecule has 0 rings (SSSR count). The largest absolute Gasteiger partial charge is 0.396 e. The summed E-state index contributed by atoms with van der Waals surface area (Å²) in [7, 11) is 4.86. The predicted octanol–water partition coefficient (Wildman–Crippen LogP) is 0.0431. The van der Waals surface area contributed by atoms with Crippen LogP contribution in [0.25, 0.3) is 0 Å². The smallest absolute Gasteiger partial charge is 0.0484 e. The summed E-state index contributed by atoms with van der Waals surface area (Å²) < 4.78 is 13.9. The summed E-state index contributed by atoms with van der Waals surface area (Å²) in [6.45, 7) is 2.68. The minimum Gasteiger partial charge on any atom is -0.396 e. The Hall–Kier alpha value is 0.864. The maximum Gasteiger partial charge on any atom is 0.0484 e. The van der Waals surface area contributed by atoms with E-state index in [9.17, 15) is 0 Å². The van der Waals surface area contributed by atoms with Gasteiger partial charge in [-0.3, -0.25) is 0 Å². The van der Waals surface area contributed by atoms with E-state index in [-0.39, 0.29) is 52.5 Å². The van der Waals surface area contributed by atoms with Crippen molar-refractivity contribution in [1.82, 2.24) is 0 Å². The summed E-state index contributed by atoms with van der Waals surface area (Å²) in [4.78, 5) is 0. The van der Waals surface area contributed by atoms with Crippen molar-refractivity contribution in [3.8, 4) is 0 Å². The molecule has 7 heteroatoms. The molecule has 0 aromatic carbocycles. The van der Waals surface area contributed by atoms with Gasteiger partial charge in [0.05, 0.1) is 0 Å². The van der Waals surface area contributed by atoms with Gasteiger partial charge in [-0.2, -0.15) is 0 Å². The van der Waals surface area contributed by atoms with Crippen LogP contribution in [0.15, 0.2) is 0 Å². The topological polar surface area (TPSA) is 88.4 Å². The Morgan fingerprint density at radius 3 is 0.842 bits per heavy atom. The maximum absolute atomic E-state index is 8.12. The van der Waals surface area contributed by atoms with Gasteiger partial charge in [0.2, 0.25) is 0 Å². The van der Waals surface area contributed by atoms with Gasteiger partial charge in [0.1, 0.15) is 0 Å². The average Bonchev–Trinajstić information content (AvgIpc) is 2.42. The molecular weight excluding hydrogens is 329 g/mol. The second-order valence-corrected chi connectivity index (χ2v) is 3.21. The van der Waals surface area contributed by atoms with Crippen LogP contribution in [0.1, 0.15) is 19.3 Å². The molecule has 0 fully saturated rings. The summed E-state index contributed by atoms with van der Waals surface area (Å²) >= 11 is 0. The minimum absolute atomic E-state index is 0. The van der Waals surface area contributed by atoms with Crippen LogP contribution < -0.4 is 0 Å². The van der Waals surface area contributed by atoms with Crippen molar-refractivity contribution < 1.29 is 62.2 Å². The molecule has 3 N–H and O–H groups in total. The molecule has 0 aliphatic carbocycles. The van der Waals surface area contributed by atoms with Crippen LogP contribution in [-0.4, -0.2) is 76.3 Å². The van der Waals surface area contributed by atoms with E-state index in [2.05, 4.69) is 14.2 Å². The van der Waals surface area contributed by atoms with Crippen molar-refractivity contribution in [2.75, 3.05) is 61.0 Å². The predicted molar refractivity (Wildman–Crippen MR) is 70.7 cm³/mol. The number of rotatable bonds is 9. The monoisotopic (exact) mass is 359 g/mol. The van der Waals surface area contributed by atoms with E-state index >= 15 is 0 Å². The standard InChI is InChI=1S/3C4H10O2.Y/c3*1-6-4-2-3-5;/h3*5H,2-4H2,1H3;. The van der Waals surface area contributed by atoms with Crippen LogP contribution >= 0.6 is 0 Å². The molecule has 0 aliphatic rings. The van der Waals surface area contributed by atoms with Gasteiger partial charge in [0.15, 0.2) is 0 Å². The molecule has 0 spiro atoms. The second kappa shape index (κ2) is 36.4. The molecule has 0 aromatic heterocycles. The normalized spacial score (nSPS) is 8.53. The van der Waals surface area contributed by atoms with E-state index in [0.29, 0.717) is 19.8 Å². The van der Waals surface area contributed by atoms with Crippen molar-refractivity contribution in [3.05, 3.63) is 0 Å². The molecule has 19 heavy (non-hydrogen) atoms. The number of ether oxygens (including phenoxy) is 3. The number of methoxy groups -OCH3 is 3. The van der Waals surface area contributed by atoms with E-state index < -0.39 is 0 Å². The number of aliphatic hydroxyl groups is 3. The van der Waals surface area contributed by atoms with E-state index in [0.717, 1.165) is 19.3 Å². The SMILES string of the molecule is COCCCO.COCCCO.COCCCO.[Y]. The summed E-state index contributed by atoms with van der Waals surface area (Å²) in [6, 6.07) is 0. The van der Waals surface area contributed by atoms with Crippen LogP contribution in [-0.2, 0) is 46.9 Å². The van der Waals surface area contributed by atoms with E-state index in [1.165, 1.54) is 0 Å². The third-order valence-corrected chi connectivity index (χ3v) is 1.52. The summed E-state index contributed by atoms with van der Waals surface area (Å²) in [6.07, 6.45) is 2.24. The van der Waals surface area contributed by atoms with Gasteiger partial charge in [-0.25, -0.2) is 0 Å². The summed E-state index contributed by atoms with van der Waals surface area (Å²) in [5.74, 6) is 0. The van der Waals surface area contributed by atoms with E-state index in [4.69, 9.17) is 15.3 Å². The molecule has 0 unspecified atom stereocenters.